The van der Waals surface area contributed by atoms with Crippen molar-refractivity contribution in [3.63, 3.8) is 0 Å². The van der Waals surface area contributed by atoms with Gasteiger partial charge in [0.2, 0.25) is 0 Å². The van der Waals surface area contributed by atoms with Gasteiger partial charge in [-0.1, -0.05) is 12.2 Å². The molecule has 0 aliphatic carbocycles. The molecule has 1 rings (SSSR count). The molecule has 19 heavy (non-hydrogen) atoms. The van der Waals surface area contributed by atoms with Crippen molar-refractivity contribution < 1.29 is 0 Å². The first-order valence-corrected chi connectivity index (χ1v) is 6.91. The van der Waals surface area contributed by atoms with Gasteiger partial charge in [0.15, 0.2) is 0 Å². The third-order valence-corrected chi connectivity index (χ3v) is 3.19. The maximum Gasteiger partial charge on any atom is 0.136 e. The highest BCUT2D eigenvalue weighted by atomic mass is 32.1. The summed E-state index contributed by atoms with van der Waals surface area (Å²) in [4.78, 5) is 7.09. The van der Waals surface area contributed by atoms with Crippen LogP contribution >= 0.6 is 12.2 Å². The van der Waals surface area contributed by atoms with Crippen LogP contribution in [0.2, 0.25) is 0 Å². The van der Waals surface area contributed by atoms with Crippen LogP contribution in [0.15, 0.2) is 6.07 Å². The lowest BCUT2D eigenvalue weighted by atomic mass is 10.1. The van der Waals surface area contributed by atoms with E-state index in [4.69, 9.17) is 18.0 Å². The molecule has 0 fully saturated rings. The Kier molecular flexibility index (Phi) is 5.69. The molecule has 3 N–H and O–H groups in total. The average Bonchev–Trinajstić information content (AvgIpc) is 2.24. The van der Waals surface area contributed by atoms with E-state index in [0.29, 0.717) is 11.0 Å². The number of pyridine rings is 1. The second kappa shape index (κ2) is 6.82. The van der Waals surface area contributed by atoms with Crippen LogP contribution in [0.4, 0.5) is 5.82 Å². The molecule has 0 aliphatic heterocycles. The van der Waals surface area contributed by atoms with Gasteiger partial charge in [-0.05, 0) is 59.5 Å². The van der Waals surface area contributed by atoms with E-state index in [1.165, 1.54) is 0 Å². The lowest BCUT2D eigenvalue weighted by molar-refractivity contribution is 0.390. The molecule has 0 aromatic carbocycles. The van der Waals surface area contributed by atoms with Gasteiger partial charge >= 0.3 is 0 Å². The number of rotatable bonds is 6. The minimum absolute atomic E-state index is 0.323. The number of aryl methyl sites for hydroxylation is 2. The van der Waals surface area contributed by atoms with Crippen LogP contribution in [0.25, 0.3) is 0 Å². The maximum atomic E-state index is 5.81. The Labute approximate surface area is 121 Å². The van der Waals surface area contributed by atoms with E-state index in [0.717, 1.165) is 35.6 Å². The summed E-state index contributed by atoms with van der Waals surface area (Å²) in [6, 6.07) is 2.33. The zero-order valence-corrected chi connectivity index (χ0v) is 13.3. The molecule has 0 bridgehead atoms. The molecule has 4 nitrogen and oxygen atoms in total. The molecule has 0 saturated carbocycles. The third kappa shape index (κ3) is 4.76. The Balaban J connectivity index is 2.90. The van der Waals surface area contributed by atoms with Crippen molar-refractivity contribution >= 4 is 23.0 Å². The summed E-state index contributed by atoms with van der Waals surface area (Å²) in [5, 5.41) is 3.42. The van der Waals surface area contributed by atoms with Crippen molar-refractivity contribution in [3.8, 4) is 0 Å². The lowest BCUT2D eigenvalue weighted by Crippen LogP contribution is -2.25. The smallest absolute Gasteiger partial charge is 0.136 e. The average molecular weight is 280 g/mol. The van der Waals surface area contributed by atoms with Crippen LogP contribution in [0.1, 0.15) is 30.2 Å². The molecule has 5 heteroatoms. The molecule has 1 aromatic heterocycles. The minimum Gasteiger partial charge on any atom is -0.389 e. The van der Waals surface area contributed by atoms with E-state index in [-0.39, 0.29) is 0 Å². The summed E-state index contributed by atoms with van der Waals surface area (Å²) in [6.45, 7) is 7.17. The van der Waals surface area contributed by atoms with E-state index in [9.17, 15) is 0 Å². The molecule has 1 heterocycles. The summed E-state index contributed by atoms with van der Waals surface area (Å²) in [5.41, 5.74) is 8.71. The van der Waals surface area contributed by atoms with Gasteiger partial charge in [-0.25, -0.2) is 4.98 Å². The molecular formula is C14H24N4S. The first-order chi connectivity index (χ1) is 8.81. The van der Waals surface area contributed by atoms with E-state index in [1.54, 1.807) is 0 Å². The van der Waals surface area contributed by atoms with Crippen LogP contribution in [0.5, 0.6) is 0 Å². The molecular weight excluding hydrogens is 256 g/mol. The third-order valence-electron chi connectivity index (χ3n) is 2.98. The summed E-state index contributed by atoms with van der Waals surface area (Å²) in [7, 11) is 4.14. The molecule has 1 atom stereocenters. The van der Waals surface area contributed by atoms with Gasteiger partial charge in [0.05, 0.1) is 5.56 Å². The quantitative estimate of drug-likeness (QED) is 0.782. The molecule has 0 spiro atoms. The largest absolute Gasteiger partial charge is 0.389 e. The van der Waals surface area contributed by atoms with E-state index in [2.05, 4.69) is 36.2 Å². The van der Waals surface area contributed by atoms with Crippen LogP contribution in [-0.4, -0.2) is 41.6 Å². The van der Waals surface area contributed by atoms with E-state index in [1.807, 2.05) is 19.9 Å². The highest BCUT2D eigenvalue weighted by molar-refractivity contribution is 7.80. The maximum absolute atomic E-state index is 5.81. The number of thiocarbonyl (C=S) groups is 1. The van der Waals surface area contributed by atoms with Crippen LogP contribution < -0.4 is 11.1 Å². The number of anilines is 1. The molecule has 1 aromatic rings. The highest BCUT2D eigenvalue weighted by Crippen LogP contribution is 2.19. The minimum atomic E-state index is 0.323. The van der Waals surface area contributed by atoms with Crippen molar-refractivity contribution in [2.45, 2.75) is 33.2 Å². The SMILES string of the molecule is Cc1cc(C)c(C(N)=S)c(NC(C)CCN(C)C)n1. The summed E-state index contributed by atoms with van der Waals surface area (Å²) in [6.07, 6.45) is 1.04. The van der Waals surface area contributed by atoms with Crippen molar-refractivity contribution in [1.29, 1.82) is 0 Å². The number of nitrogens with two attached hydrogens (primary N) is 1. The van der Waals surface area contributed by atoms with E-state index < -0.39 is 0 Å². The Hall–Kier alpha value is -1.20. The Morgan fingerprint density at radius 1 is 1.47 bits per heavy atom. The highest BCUT2D eigenvalue weighted by Gasteiger charge is 2.13. The summed E-state index contributed by atoms with van der Waals surface area (Å²) in [5.74, 6) is 0.802. The van der Waals surface area contributed by atoms with Crippen LogP contribution in [0.3, 0.4) is 0 Å². The van der Waals surface area contributed by atoms with Gasteiger partial charge in [0, 0.05) is 11.7 Å². The fourth-order valence-corrected chi connectivity index (χ4v) is 2.27. The predicted octanol–water partition coefficient (Wildman–Crippen LogP) is 2.08. The molecule has 1 unspecified atom stereocenters. The number of nitrogens with zero attached hydrogens (tertiary/aromatic N) is 2. The Morgan fingerprint density at radius 2 is 2.11 bits per heavy atom. The summed E-state index contributed by atoms with van der Waals surface area (Å²) >= 11 is 5.13. The fraction of sp³-hybridized carbons (Fsp3) is 0.571. The fourth-order valence-electron chi connectivity index (χ4n) is 2.01. The molecule has 0 radical (unpaired) electrons. The molecule has 106 valence electrons. The van der Waals surface area contributed by atoms with Crippen molar-refractivity contribution in [3.05, 3.63) is 22.9 Å². The van der Waals surface area contributed by atoms with Crippen LogP contribution in [-0.2, 0) is 0 Å². The normalized spacial score (nSPS) is 12.5. The van der Waals surface area contributed by atoms with Gasteiger partial charge in [-0.15, -0.1) is 0 Å². The number of aromatic nitrogens is 1. The Morgan fingerprint density at radius 3 is 2.63 bits per heavy atom. The predicted molar refractivity (Wildman–Crippen MR) is 85.9 cm³/mol. The van der Waals surface area contributed by atoms with E-state index >= 15 is 0 Å². The second-order valence-corrected chi connectivity index (χ2v) is 5.75. The Bertz CT molecular complexity index is 457. The van der Waals surface area contributed by atoms with Gasteiger partial charge in [-0.2, -0.15) is 0 Å². The lowest BCUT2D eigenvalue weighted by Gasteiger charge is -2.20. The zero-order valence-electron chi connectivity index (χ0n) is 12.4. The van der Waals surface area contributed by atoms with Gasteiger partial charge in [-0.3, -0.25) is 0 Å². The van der Waals surface area contributed by atoms with Gasteiger partial charge in [0.1, 0.15) is 10.8 Å². The monoisotopic (exact) mass is 280 g/mol. The first-order valence-electron chi connectivity index (χ1n) is 6.50. The van der Waals surface area contributed by atoms with Gasteiger partial charge in [0.25, 0.3) is 0 Å². The number of hydrogen-bond acceptors (Lipinski definition) is 4. The first kappa shape index (κ1) is 15.9. The second-order valence-electron chi connectivity index (χ2n) is 5.31. The molecule has 0 aliphatic rings. The van der Waals surface area contributed by atoms with Crippen molar-refractivity contribution in [2.75, 3.05) is 26.0 Å². The topological polar surface area (TPSA) is 54.2 Å². The number of hydrogen-bond donors (Lipinski definition) is 2. The standard InChI is InChI=1S/C14H24N4S/c1-9-8-11(3)17-14(12(9)13(15)19)16-10(2)6-7-18(4)5/h8,10H,6-7H2,1-5H3,(H2,15,19)(H,16,17). The zero-order chi connectivity index (χ0) is 14.6. The van der Waals surface area contributed by atoms with Crippen molar-refractivity contribution in [2.24, 2.45) is 5.73 Å². The number of nitrogens with one attached hydrogen (secondary N) is 1. The van der Waals surface area contributed by atoms with Gasteiger partial charge < -0.3 is 16.0 Å². The molecule has 0 amide bonds. The summed E-state index contributed by atoms with van der Waals surface area (Å²) < 4.78 is 0. The molecule has 0 saturated heterocycles. The van der Waals surface area contributed by atoms with Crippen LogP contribution in [0, 0.1) is 13.8 Å². The van der Waals surface area contributed by atoms with Crippen molar-refractivity contribution in [1.82, 2.24) is 9.88 Å².